The Morgan fingerprint density at radius 2 is 1.76 bits per heavy atom. The van der Waals surface area contributed by atoms with Crippen molar-refractivity contribution in [1.82, 2.24) is 14.3 Å². The van der Waals surface area contributed by atoms with Gasteiger partial charge in [-0.05, 0) is 54.4 Å². The zero-order valence-electron chi connectivity index (χ0n) is 17.3. The Kier molecular flexibility index (Phi) is 6.85. The number of aromatic nitrogens is 2. The molecule has 0 unspecified atom stereocenters. The standard InChI is InChI=1S/C22H19ClF4N4OS/c23-18-7-4-16(22(25,26)27)13-15(18)3-8-19(32)30-9-11-31(12-10-30)21-28-20(29-33-21)14-1-5-17(24)6-2-14/h1-2,4-7,13H,3,8-12H2. The van der Waals surface area contributed by atoms with Gasteiger partial charge in [0.25, 0.3) is 0 Å². The molecule has 2 heterocycles. The van der Waals surface area contributed by atoms with Gasteiger partial charge in [0.15, 0.2) is 5.82 Å². The maximum absolute atomic E-state index is 13.1. The molecule has 1 aliphatic rings. The minimum absolute atomic E-state index is 0.0779. The first-order valence-corrected chi connectivity index (χ1v) is 11.3. The summed E-state index contributed by atoms with van der Waals surface area (Å²) >= 11 is 7.27. The highest BCUT2D eigenvalue weighted by molar-refractivity contribution is 7.09. The van der Waals surface area contributed by atoms with Gasteiger partial charge in [-0.2, -0.15) is 22.5 Å². The van der Waals surface area contributed by atoms with Gasteiger partial charge in [0.1, 0.15) is 5.82 Å². The predicted octanol–water partition coefficient (Wildman–Crippen LogP) is 5.30. The number of carbonyl (C=O) groups is 1. The molecule has 33 heavy (non-hydrogen) atoms. The first-order chi connectivity index (χ1) is 15.7. The summed E-state index contributed by atoms with van der Waals surface area (Å²) < 4.78 is 56.2. The summed E-state index contributed by atoms with van der Waals surface area (Å²) in [5.41, 5.74) is 0.252. The molecule has 4 rings (SSSR count). The van der Waals surface area contributed by atoms with Crippen molar-refractivity contribution in [3.63, 3.8) is 0 Å². The van der Waals surface area contributed by atoms with Crippen molar-refractivity contribution in [3.05, 3.63) is 64.4 Å². The summed E-state index contributed by atoms with van der Waals surface area (Å²) in [6.07, 6.45) is -4.24. The van der Waals surface area contributed by atoms with E-state index in [0.29, 0.717) is 37.6 Å². The van der Waals surface area contributed by atoms with Crippen LogP contribution in [0, 0.1) is 5.82 Å². The lowest BCUT2D eigenvalue weighted by atomic mass is 10.1. The summed E-state index contributed by atoms with van der Waals surface area (Å²) in [6, 6.07) is 9.09. The van der Waals surface area contributed by atoms with E-state index in [9.17, 15) is 22.4 Å². The Morgan fingerprint density at radius 3 is 2.42 bits per heavy atom. The van der Waals surface area contributed by atoms with Gasteiger partial charge in [-0.25, -0.2) is 4.39 Å². The maximum atomic E-state index is 13.1. The molecule has 1 aromatic heterocycles. The van der Waals surface area contributed by atoms with Crippen LogP contribution in [0.5, 0.6) is 0 Å². The van der Waals surface area contributed by atoms with Crippen molar-refractivity contribution < 1.29 is 22.4 Å². The van der Waals surface area contributed by atoms with Crippen molar-refractivity contribution in [2.45, 2.75) is 19.0 Å². The van der Waals surface area contributed by atoms with E-state index in [0.717, 1.165) is 22.8 Å². The molecule has 1 saturated heterocycles. The number of alkyl halides is 3. The third kappa shape index (κ3) is 5.62. The van der Waals surface area contributed by atoms with Gasteiger partial charge >= 0.3 is 6.18 Å². The van der Waals surface area contributed by atoms with Gasteiger partial charge in [0.2, 0.25) is 11.0 Å². The van der Waals surface area contributed by atoms with Crippen LogP contribution in [-0.4, -0.2) is 46.3 Å². The molecule has 2 aromatic carbocycles. The van der Waals surface area contributed by atoms with Gasteiger partial charge in [0.05, 0.1) is 5.56 Å². The van der Waals surface area contributed by atoms with Crippen molar-refractivity contribution in [1.29, 1.82) is 0 Å². The minimum atomic E-state index is -4.46. The number of rotatable bonds is 5. The molecule has 3 aromatic rings. The average Bonchev–Trinajstić information content (AvgIpc) is 3.28. The summed E-state index contributed by atoms with van der Waals surface area (Å²) in [6.45, 7) is 2.07. The second-order valence-corrected chi connectivity index (χ2v) is 8.72. The Bertz CT molecular complexity index is 1130. The van der Waals surface area contributed by atoms with Crippen LogP contribution in [0.15, 0.2) is 42.5 Å². The van der Waals surface area contributed by atoms with E-state index in [1.807, 2.05) is 4.90 Å². The summed E-state index contributed by atoms with van der Waals surface area (Å²) in [5, 5.41) is 0.936. The molecule has 0 radical (unpaired) electrons. The van der Waals surface area contributed by atoms with E-state index in [4.69, 9.17) is 11.6 Å². The van der Waals surface area contributed by atoms with Gasteiger partial charge in [-0.15, -0.1) is 0 Å². The zero-order chi connectivity index (χ0) is 23.6. The molecule has 1 amide bonds. The molecule has 0 N–H and O–H groups in total. The van der Waals surface area contributed by atoms with E-state index in [2.05, 4.69) is 9.36 Å². The van der Waals surface area contributed by atoms with Crippen molar-refractivity contribution in [2.75, 3.05) is 31.1 Å². The Balaban J connectivity index is 1.31. The van der Waals surface area contributed by atoms with Crippen LogP contribution in [-0.2, 0) is 17.4 Å². The highest BCUT2D eigenvalue weighted by Crippen LogP contribution is 2.32. The number of benzene rings is 2. The molecular formula is C22H19ClF4N4OS. The van der Waals surface area contributed by atoms with Crippen LogP contribution in [0.1, 0.15) is 17.5 Å². The van der Waals surface area contributed by atoms with Crippen LogP contribution in [0.25, 0.3) is 11.4 Å². The number of nitrogens with zero attached hydrogens (tertiary/aromatic N) is 4. The third-order valence-corrected chi connectivity index (χ3v) is 6.55. The zero-order valence-corrected chi connectivity index (χ0v) is 18.9. The van der Waals surface area contributed by atoms with Crippen molar-refractivity contribution in [3.8, 4) is 11.4 Å². The van der Waals surface area contributed by atoms with Gasteiger partial charge in [-0.1, -0.05) is 11.6 Å². The second kappa shape index (κ2) is 9.64. The largest absolute Gasteiger partial charge is 0.416 e. The smallest absolute Gasteiger partial charge is 0.343 e. The number of hydrogen-bond acceptors (Lipinski definition) is 5. The molecule has 0 atom stereocenters. The molecule has 11 heteroatoms. The molecule has 1 fully saturated rings. The monoisotopic (exact) mass is 498 g/mol. The molecule has 1 aliphatic heterocycles. The summed E-state index contributed by atoms with van der Waals surface area (Å²) in [4.78, 5) is 20.8. The molecule has 5 nitrogen and oxygen atoms in total. The van der Waals surface area contributed by atoms with E-state index >= 15 is 0 Å². The fourth-order valence-electron chi connectivity index (χ4n) is 3.55. The average molecular weight is 499 g/mol. The van der Waals surface area contributed by atoms with Crippen molar-refractivity contribution >= 4 is 34.2 Å². The van der Waals surface area contributed by atoms with Gasteiger partial charge in [-0.3, -0.25) is 4.79 Å². The number of halogens is 5. The van der Waals surface area contributed by atoms with Crippen LogP contribution in [0.3, 0.4) is 0 Å². The van der Waals surface area contributed by atoms with Crippen LogP contribution < -0.4 is 4.90 Å². The summed E-state index contributed by atoms with van der Waals surface area (Å²) in [5.74, 6) is 0.0594. The minimum Gasteiger partial charge on any atom is -0.343 e. The highest BCUT2D eigenvalue weighted by Gasteiger charge is 2.31. The fraction of sp³-hybridized carbons (Fsp3) is 0.318. The topological polar surface area (TPSA) is 49.3 Å². The van der Waals surface area contributed by atoms with E-state index in [1.165, 1.54) is 29.7 Å². The molecule has 174 valence electrons. The number of anilines is 1. The predicted molar refractivity (Wildman–Crippen MR) is 119 cm³/mol. The Morgan fingerprint density at radius 1 is 1.06 bits per heavy atom. The van der Waals surface area contributed by atoms with Gasteiger partial charge in [0, 0.05) is 54.7 Å². The number of aryl methyl sites for hydroxylation is 1. The summed E-state index contributed by atoms with van der Waals surface area (Å²) in [7, 11) is 0. The molecule has 0 aliphatic carbocycles. The number of amides is 1. The van der Waals surface area contributed by atoms with Crippen LogP contribution in [0.2, 0.25) is 5.02 Å². The van der Waals surface area contributed by atoms with E-state index in [-0.39, 0.29) is 29.6 Å². The lowest BCUT2D eigenvalue weighted by Gasteiger charge is -2.34. The first-order valence-electron chi connectivity index (χ1n) is 10.2. The van der Waals surface area contributed by atoms with Gasteiger partial charge < -0.3 is 9.80 Å². The second-order valence-electron chi connectivity index (χ2n) is 7.58. The number of hydrogen-bond donors (Lipinski definition) is 0. The highest BCUT2D eigenvalue weighted by atomic mass is 35.5. The lowest BCUT2D eigenvalue weighted by molar-refractivity contribution is -0.137. The first kappa shape index (κ1) is 23.4. The Labute approximate surface area is 196 Å². The van der Waals surface area contributed by atoms with E-state index in [1.54, 1.807) is 17.0 Å². The molecule has 0 spiro atoms. The molecule has 0 bridgehead atoms. The fourth-order valence-corrected chi connectivity index (χ4v) is 4.50. The molecule has 0 saturated carbocycles. The SMILES string of the molecule is O=C(CCc1cc(C(F)(F)F)ccc1Cl)N1CCN(c2nc(-c3ccc(F)cc3)ns2)CC1. The number of piperazine rings is 1. The normalized spacial score (nSPS) is 14.6. The van der Waals surface area contributed by atoms with Crippen LogP contribution in [0.4, 0.5) is 22.7 Å². The number of carbonyl (C=O) groups excluding carboxylic acids is 1. The van der Waals surface area contributed by atoms with Crippen LogP contribution >= 0.6 is 23.1 Å². The lowest BCUT2D eigenvalue weighted by Crippen LogP contribution is -2.48. The van der Waals surface area contributed by atoms with Crippen molar-refractivity contribution in [2.24, 2.45) is 0 Å². The van der Waals surface area contributed by atoms with E-state index < -0.39 is 11.7 Å². The quantitative estimate of drug-likeness (QED) is 0.448. The third-order valence-electron chi connectivity index (χ3n) is 5.40. The Hall–Kier alpha value is -2.72. The molecular weight excluding hydrogens is 480 g/mol. The maximum Gasteiger partial charge on any atom is 0.416 e.